The number of methoxy groups -OCH3 is 1. The van der Waals surface area contributed by atoms with Crippen LogP contribution in [-0.4, -0.2) is 85.1 Å². The quantitative estimate of drug-likeness (QED) is 0.327. The fraction of sp³-hybridized carbons (Fsp3) is 0.621. The van der Waals surface area contributed by atoms with E-state index in [4.69, 9.17) is 9.47 Å². The number of hydrogen-bond acceptors (Lipinski definition) is 10. The normalized spacial score (nSPS) is 26.0. The molecule has 0 unspecified atom stereocenters. The molecular weight excluding hydrogens is 628 g/mol. The predicted molar refractivity (Wildman–Crippen MR) is 162 cm³/mol. The molecule has 0 bridgehead atoms. The molecule has 1 saturated heterocycles. The molecule has 14 nitrogen and oxygen atoms in total. The van der Waals surface area contributed by atoms with Gasteiger partial charge in [0.15, 0.2) is 9.96 Å². The van der Waals surface area contributed by atoms with Crippen LogP contribution in [0.5, 0.6) is 5.75 Å². The molecule has 1 saturated carbocycles. The SMILES string of the molecule is COc1c(C(=O)O)csc1S(=O)(=O)NC(=O)[C@@]12C[C@H]1C=CCCCCC[C@H](NC(=O)OC(C)(C)C)C(=O)N1CCC[C@H]1C(=O)N2. The van der Waals surface area contributed by atoms with Crippen molar-refractivity contribution in [1.29, 1.82) is 0 Å². The molecule has 4 atom stereocenters. The number of hydrogen-bond donors (Lipinski definition) is 4. The highest BCUT2D eigenvalue weighted by Gasteiger charge is 2.61. The number of alkyl carbamates (subject to hydrolysis) is 1. The predicted octanol–water partition coefficient (Wildman–Crippen LogP) is 2.54. The molecule has 16 heteroatoms. The number of sulfonamides is 1. The Balaban J connectivity index is 1.58. The zero-order valence-corrected chi connectivity index (χ0v) is 27.3. The number of rotatable bonds is 6. The summed E-state index contributed by atoms with van der Waals surface area (Å²) in [7, 11) is -3.46. The van der Waals surface area contributed by atoms with Gasteiger partial charge in [0.2, 0.25) is 11.8 Å². The number of carbonyl (C=O) groups is 5. The lowest BCUT2D eigenvalue weighted by Crippen LogP contribution is -2.58. The van der Waals surface area contributed by atoms with Crippen molar-refractivity contribution in [2.45, 2.75) is 99.6 Å². The summed E-state index contributed by atoms with van der Waals surface area (Å²) in [6.07, 6.45) is 7.07. The first kappa shape index (κ1) is 34.2. The van der Waals surface area contributed by atoms with E-state index >= 15 is 0 Å². The second kappa shape index (κ2) is 13.4. The van der Waals surface area contributed by atoms with E-state index in [2.05, 4.69) is 10.6 Å². The number of nitrogens with one attached hydrogen (secondary N) is 3. The van der Waals surface area contributed by atoms with Gasteiger partial charge in [-0.25, -0.2) is 22.7 Å². The highest BCUT2D eigenvalue weighted by atomic mass is 32.2. The third kappa shape index (κ3) is 7.77. The lowest BCUT2D eigenvalue weighted by molar-refractivity contribution is -0.141. The maximum absolute atomic E-state index is 13.7. The number of thiophene rings is 1. The van der Waals surface area contributed by atoms with Crippen molar-refractivity contribution in [1.82, 2.24) is 20.3 Å². The Labute approximate surface area is 265 Å². The van der Waals surface area contributed by atoms with Crippen molar-refractivity contribution in [2.75, 3.05) is 13.7 Å². The number of nitrogens with zero attached hydrogens (tertiary/aromatic N) is 1. The first-order chi connectivity index (χ1) is 21.1. The van der Waals surface area contributed by atoms with E-state index in [1.165, 1.54) is 4.90 Å². The number of amides is 4. The molecule has 3 aliphatic rings. The molecular formula is C29H40N4O10S2. The molecule has 45 heavy (non-hydrogen) atoms. The van der Waals surface area contributed by atoms with Crippen LogP contribution in [-0.2, 0) is 29.1 Å². The summed E-state index contributed by atoms with van der Waals surface area (Å²) in [6, 6.07) is -1.85. The van der Waals surface area contributed by atoms with Gasteiger partial charge in [-0.1, -0.05) is 25.0 Å². The van der Waals surface area contributed by atoms with Gasteiger partial charge in [-0.3, -0.25) is 14.4 Å². The summed E-state index contributed by atoms with van der Waals surface area (Å²) < 4.78 is 38.4. The first-order valence-electron chi connectivity index (χ1n) is 14.8. The van der Waals surface area contributed by atoms with E-state index in [9.17, 15) is 37.5 Å². The fourth-order valence-corrected chi connectivity index (χ4v) is 8.12. The molecule has 1 aromatic heterocycles. The zero-order valence-electron chi connectivity index (χ0n) is 25.7. The Morgan fingerprint density at radius 1 is 1.13 bits per heavy atom. The molecule has 1 aliphatic carbocycles. The second-order valence-corrected chi connectivity index (χ2v) is 15.2. The minimum atomic E-state index is -4.58. The Bertz CT molecular complexity index is 1480. The van der Waals surface area contributed by atoms with Crippen molar-refractivity contribution in [3.63, 3.8) is 0 Å². The van der Waals surface area contributed by atoms with Gasteiger partial charge in [0.1, 0.15) is 28.8 Å². The highest BCUT2D eigenvalue weighted by Crippen LogP contribution is 2.46. The Morgan fingerprint density at radius 2 is 1.87 bits per heavy atom. The van der Waals surface area contributed by atoms with Crippen LogP contribution in [0.2, 0.25) is 0 Å². The topological polar surface area (TPSA) is 198 Å². The molecule has 4 amide bonds. The lowest BCUT2D eigenvalue weighted by Gasteiger charge is -2.30. The number of carbonyl (C=O) groups excluding carboxylic acids is 4. The van der Waals surface area contributed by atoms with Gasteiger partial charge in [0.25, 0.3) is 15.9 Å². The smallest absolute Gasteiger partial charge is 0.408 e. The van der Waals surface area contributed by atoms with Gasteiger partial charge < -0.3 is 30.1 Å². The number of ether oxygens (including phenoxy) is 2. The molecule has 0 radical (unpaired) electrons. The largest absolute Gasteiger partial charge is 0.493 e. The van der Waals surface area contributed by atoms with Crippen molar-refractivity contribution >= 4 is 51.1 Å². The summed E-state index contributed by atoms with van der Waals surface area (Å²) in [5, 5.41) is 15.9. The first-order valence-corrected chi connectivity index (χ1v) is 17.2. The summed E-state index contributed by atoms with van der Waals surface area (Å²) >= 11 is 0.590. The van der Waals surface area contributed by atoms with Gasteiger partial charge in [0.05, 0.1) is 7.11 Å². The van der Waals surface area contributed by atoms with E-state index in [0.29, 0.717) is 43.4 Å². The zero-order chi connectivity index (χ0) is 33.2. The number of fused-ring (bicyclic) bond motifs is 2. The van der Waals surface area contributed by atoms with Crippen molar-refractivity contribution in [2.24, 2.45) is 5.92 Å². The summed E-state index contributed by atoms with van der Waals surface area (Å²) in [5.41, 5.74) is -2.74. The molecule has 3 heterocycles. The van der Waals surface area contributed by atoms with Crippen LogP contribution in [0.3, 0.4) is 0 Å². The highest BCUT2D eigenvalue weighted by molar-refractivity contribution is 7.92. The minimum absolute atomic E-state index is 0.127. The van der Waals surface area contributed by atoms with Gasteiger partial charge in [0, 0.05) is 17.8 Å². The molecule has 2 aliphatic heterocycles. The Kier molecular flexibility index (Phi) is 10.2. The van der Waals surface area contributed by atoms with Crippen LogP contribution in [0.15, 0.2) is 21.7 Å². The van der Waals surface area contributed by atoms with Crippen LogP contribution in [0.1, 0.15) is 82.5 Å². The van der Waals surface area contributed by atoms with Crippen LogP contribution in [0, 0.1) is 5.92 Å². The van der Waals surface area contributed by atoms with E-state index in [-0.39, 0.29) is 18.5 Å². The molecule has 2 fully saturated rings. The summed E-state index contributed by atoms with van der Waals surface area (Å²) in [5.74, 6) is -4.33. The maximum Gasteiger partial charge on any atom is 0.408 e. The number of aromatic carboxylic acids is 1. The maximum atomic E-state index is 13.7. The third-order valence-corrected chi connectivity index (χ3v) is 10.8. The van der Waals surface area contributed by atoms with E-state index in [1.807, 2.05) is 10.8 Å². The molecule has 1 aromatic rings. The molecule has 248 valence electrons. The Morgan fingerprint density at radius 3 is 2.53 bits per heavy atom. The van der Waals surface area contributed by atoms with Gasteiger partial charge in [-0.2, -0.15) is 0 Å². The minimum Gasteiger partial charge on any atom is -0.493 e. The van der Waals surface area contributed by atoms with E-state index < -0.39 is 78.9 Å². The average Bonchev–Trinajstić information content (AvgIpc) is 3.28. The third-order valence-electron chi connectivity index (χ3n) is 7.95. The van der Waals surface area contributed by atoms with Crippen molar-refractivity contribution < 1.29 is 47.0 Å². The second-order valence-electron chi connectivity index (χ2n) is 12.4. The van der Waals surface area contributed by atoms with Crippen LogP contribution in [0.4, 0.5) is 4.79 Å². The summed E-state index contributed by atoms with van der Waals surface area (Å²) in [6.45, 7) is 5.41. The standard InChI is InChI=1S/C29H40N4O10S2/c1-28(2,3)43-27(39)30-19-12-9-7-5-6-8-11-17-15-29(17,31-22(34)20-13-10-14-33(20)23(19)35)26(38)32-45(40,41)25-21(42-4)18(16-44-25)24(36)37/h8,11,16-17,19-20H,5-7,9-10,12-15H2,1-4H3,(H,30,39)(H,31,34)(H,32,38)(H,36,37)/t17-,19+,20+,29-/m1/s1. The van der Waals surface area contributed by atoms with Gasteiger partial charge in [-0.05, 0) is 59.3 Å². The average molecular weight is 669 g/mol. The molecule has 4 rings (SSSR count). The van der Waals surface area contributed by atoms with Crippen LogP contribution < -0.4 is 20.1 Å². The number of carboxylic acid groups (broad SMARTS) is 1. The number of allylic oxidation sites excluding steroid dienone is 1. The fourth-order valence-electron chi connectivity index (χ4n) is 5.66. The number of carboxylic acids is 1. The van der Waals surface area contributed by atoms with E-state index in [0.717, 1.165) is 25.3 Å². The van der Waals surface area contributed by atoms with Crippen LogP contribution >= 0.6 is 11.3 Å². The van der Waals surface area contributed by atoms with Gasteiger partial charge >= 0.3 is 12.1 Å². The van der Waals surface area contributed by atoms with Gasteiger partial charge in [-0.15, -0.1) is 11.3 Å². The molecule has 0 spiro atoms. The molecule has 4 N–H and O–H groups in total. The monoisotopic (exact) mass is 668 g/mol. The lowest BCUT2D eigenvalue weighted by atomic mass is 10.0. The summed E-state index contributed by atoms with van der Waals surface area (Å²) in [4.78, 5) is 66.6. The van der Waals surface area contributed by atoms with Crippen molar-refractivity contribution in [3.05, 3.63) is 23.1 Å². The van der Waals surface area contributed by atoms with Crippen LogP contribution in [0.25, 0.3) is 0 Å². The Hall–Kier alpha value is -3.66. The van der Waals surface area contributed by atoms with E-state index in [1.54, 1.807) is 26.8 Å². The molecule has 0 aromatic carbocycles. The van der Waals surface area contributed by atoms with Crippen molar-refractivity contribution in [3.8, 4) is 5.75 Å².